The Hall–Kier alpha value is -0.220. The molecule has 1 N–H and O–H groups in total. The predicted octanol–water partition coefficient (Wildman–Crippen LogP) is 3.38. The second-order valence-electron chi connectivity index (χ2n) is 7.00. The molecule has 3 aliphatic rings. The fourth-order valence-electron chi connectivity index (χ4n) is 4.70. The fraction of sp³-hybridized carbons (Fsp3) is 0.938. The van der Waals surface area contributed by atoms with E-state index in [2.05, 4.69) is 4.90 Å². The Morgan fingerprint density at radius 3 is 2.55 bits per heavy atom. The lowest BCUT2D eigenvalue weighted by molar-refractivity contribution is -0.138. The van der Waals surface area contributed by atoms with Gasteiger partial charge in [-0.05, 0) is 43.9 Å². The standard InChI is InChI=1S/C16H27NO2S/c18-15(19)11-14-12-20-10-9-17(14)13-3-7-16(8-4-13)5-1-2-6-16/h13-14H,1-12H2,(H,18,19). The molecule has 3 nitrogen and oxygen atoms in total. The van der Waals surface area contributed by atoms with Gasteiger partial charge in [0, 0.05) is 30.1 Å². The van der Waals surface area contributed by atoms with E-state index >= 15 is 0 Å². The van der Waals surface area contributed by atoms with Crippen LogP contribution in [-0.4, -0.2) is 46.1 Å². The molecule has 3 rings (SSSR count). The SMILES string of the molecule is O=C(O)CC1CSCCN1C1CCC2(CCCC2)CC1. The van der Waals surface area contributed by atoms with Crippen LogP contribution < -0.4 is 0 Å². The van der Waals surface area contributed by atoms with Crippen LogP contribution >= 0.6 is 11.8 Å². The normalized spacial score (nSPS) is 31.7. The molecule has 1 saturated heterocycles. The maximum absolute atomic E-state index is 11.1. The van der Waals surface area contributed by atoms with Gasteiger partial charge in [-0.3, -0.25) is 9.69 Å². The fourth-order valence-corrected chi connectivity index (χ4v) is 5.79. The van der Waals surface area contributed by atoms with Gasteiger partial charge in [-0.25, -0.2) is 0 Å². The molecule has 3 fully saturated rings. The molecule has 2 aliphatic carbocycles. The third kappa shape index (κ3) is 3.16. The van der Waals surface area contributed by atoms with Gasteiger partial charge in [0.1, 0.15) is 0 Å². The average Bonchev–Trinajstić information content (AvgIpc) is 2.88. The highest BCUT2D eigenvalue weighted by Crippen LogP contribution is 2.50. The number of carbonyl (C=O) groups is 1. The molecule has 2 saturated carbocycles. The van der Waals surface area contributed by atoms with Crippen LogP contribution in [0.1, 0.15) is 57.8 Å². The largest absolute Gasteiger partial charge is 0.481 e. The van der Waals surface area contributed by atoms with Crippen molar-refractivity contribution in [2.45, 2.75) is 69.9 Å². The van der Waals surface area contributed by atoms with Gasteiger partial charge in [-0.2, -0.15) is 11.8 Å². The van der Waals surface area contributed by atoms with Gasteiger partial charge >= 0.3 is 5.97 Å². The zero-order chi connectivity index (χ0) is 14.0. The van der Waals surface area contributed by atoms with Crippen LogP contribution in [0.25, 0.3) is 0 Å². The number of rotatable bonds is 3. The highest BCUT2D eigenvalue weighted by Gasteiger charge is 2.40. The van der Waals surface area contributed by atoms with Gasteiger partial charge in [0.25, 0.3) is 0 Å². The highest BCUT2D eigenvalue weighted by molar-refractivity contribution is 7.99. The van der Waals surface area contributed by atoms with Crippen LogP contribution in [-0.2, 0) is 4.79 Å². The molecule has 0 aromatic carbocycles. The summed E-state index contributed by atoms with van der Waals surface area (Å²) in [5, 5.41) is 9.11. The lowest BCUT2D eigenvalue weighted by Gasteiger charge is -2.46. The first kappa shape index (κ1) is 14.7. The zero-order valence-electron chi connectivity index (χ0n) is 12.4. The van der Waals surface area contributed by atoms with Crippen molar-refractivity contribution in [3.05, 3.63) is 0 Å². The van der Waals surface area contributed by atoms with Gasteiger partial charge in [-0.15, -0.1) is 0 Å². The molecular weight excluding hydrogens is 270 g/mol. The molecule has 1 spiro atoms. The first-order valence-electron chi connectivity index (χ1n) is 8.24. The van der Waals surface area contributed by atoms with Gasteiger partial charge in [0.15, 0.2) is 0 Å². The number of carboxylic acids is 1. The summed E-state index contributed by atoms with van der Waals surface area (Å²) in [6.07, 6.45) is 11.5. The molecular formula is C16H27NO2S. The Kier molecular flexibility index (Phi) is 4.61. The third-order valence-electron chi connectivity index (χ3n) is 5.83. The van der Waals surface area contributed by atoms with E-state index in [0.717, 1.165) is 12.3 Å². The summed E-state index contributed by atoms with van der Waals surface area (Å²) in [5.74, 6) is 1.55. The van der Waals surface area contributed by atoms with Crippen LogP contribution in [0.15, 0.2) is 0 Å². The van der Waals surface area contributed by atoms with Crippen molar-refractivity contribution in [2.24, 2.45) is 5.41 Å². The minimum atomic E-state index is -0.634. The van der Waals surface area contributed by atoms with Gasteiger partial charge < -0.3 is 5.11 Å². The second-order valence-corrected chi connectivity index (χ2v) is 8.15. The van der Waals surface area contributed by atoms with E-state index in [-0.39, 0.29) is 6.04 Å². The van der Waals surface area contributed by atoms with Gasteiger partial charge in [0.05, 0.1) is 6.42 Å². The number of carboxylic acid groups (broad SMARTS) is 1. The Balaban J connectivity index is 1.59. The molecule has 0 aromatic heterocycles. The lowest BCUT2D eigenvalue weighted by atomic mass is 9.71. The molecule has 0 amide bonds. The first-order valence-corrected chi connectivity index (χ1v) is 9.39. The van der Waals surface area contributed by atoms with Crippen molar-refractivity contribution < 1.29 is 9.90 Å². The molecule has 0 bridgehead atoms. The van der Waals surface area contributed by atoms with E-state index in [0.29, 0.717) is 17.9 Å². The lowest BCUT2D eigenvalue weighted by Crippen LogP contribution is -2.51. The maximum Gasteiger partial charge on any atom is 0.304 e. The summed E-state index contributed by atoms with van der Waals surface area (Å²) in [4.78, 5) is 13.6. The Bertz CT molecular complexity index is 344. The smallest absolute Gasteiger partial charge is 0.304 e. The van der Waals surface area contributed by atoms with E-state index in [4.69, 9.17) is 5.11 Å². The second kappa shape index (κ2) is 6.27. The molecule has 1 atom stereocenters. The molecule has 20 heavy (non-hydrogen) atoms. The van der Waals surface area contributed by atoms with Crippen LogP contribution in [0.4, 0.5) is 0 Å². The predicted molar refractivity (Wildman–Crippen MR) is 83.2 cm³/mol. The van der Waals surface area contributed by atoms with Crippen molar-refractivity contribution in [1.29, 1.82) is 0 Å². The summed E-state index contributed by atoms with van der Waals surface area (Å²) < 4.78 is 0. The van der Waals surface area contributed by atoms with Crippen molar-refractivity contribution >= 4 is 17.7 Å². The van der Waals surface area contributed by atoms with E-state index in [1.807, 2.05) is 11.8 Å². The third-order valence-corrected chi connectivity index (χ3v) is 6.92. The monoisotopic (exact) mass is 297 g/mol. The van der Waals surface area contributed by atoms with Crippen LogP contribution in [0, 0.1) is 5.41 Å². The minimum absolute atomic E-state index is 0.272. The van der Waals surface area contributed by atoms with Crippen molar-refractivity contribution in [2.75, 3.05) is 18.1 Å². The number of hydrogen-bond donors (Lipinski definition) is 1. The van der Waals surface area contributed by atoms with E-state index in [9.17, 15) is 4.79 Å². The topological polar surface area (TPSA) is 40.5 Å². The molecule has 114 valence electrons. The van der Waals surface area contributed by atoms with E-state index in [1.165, 1.54) is 57.1 Å². The molecule has 0 aromatic rings. The quantitative estimate of drug-likeness (QED) is 0.867. The Labute approximate surface area is 126 Å². The summed E-state index contributed by atoms with van der Waals surface area (Å²) in [6, 6.07) is 0.931. The molecule has 1 heterocycles. The molecule has 4 heteroatoms. The van der Waals surface area contributed by atoms with E-state index < -0.39 is 5.97 Å². The minimum Gasteiger partial charge on any atom is -0.481 e. The zero-order valence-corrected chi connectivity index (χ0v) is 13.2. The first-order chi connectivity index (χ1) is 9.69. The Morgan fingerprint density at radius 2 is 1.90 bits per heavy atom. The number of thioether (sulfide) groups is 1. The molecule has 1 aliphatic heterocycles. The van der Waals surface area contributed by atoms with Crippen molar-refractivity contribution in [3.63, 3.8) is 0 Å². The van der Waals surface area contributed by atoms with Gasteiger partial charge in [0.2, 0.25) is 0 Å². The number of hydrogen-bond acceptors (Lipinski definition) is 3. The maximum atomic E-state index is 11.1. The Morgan fingerprint density at radius 1 is 1.20 bits per heavy atom. The number of nitrogens with zero attached hydrogens (tertiary/aromatic N) is 1. The summed E-state index contributed by atoms with van der Waals surface area (Å²) >= 11 is 1.93. The summed E-state index contributed by atoms with van der Waals surface area (Å²) in [7, 11) is 0. The van der Waals surface area contributed by atoms with E-state index in [1.54, 1.807) is 0 Å². The summed E-state index contributed by atoms with van der Waals surface area (Å²) in [6.45, 7) is 1.10. The highest BCUT2D eigenvalue weighted by atomic mass is 32.2. The van der Waals surface area contributed by atoms with Gasteiger partial charge in [-0.1, -0.05) is 12.8 Å². The van der Waals surface area contributed by atoms with Crippen LogP contribution in [0.5, 0.6) is 0 Å². The van der Waals surface area contributed by atoms with Crippen LogP contribution in [0.2, 0.25) is 0 Å². The van der Waals surface area contributed by atoms with Crippen LogP contribution in [0.3, 0.4) is 0 Å². The summed E-state index contributed by atoms with van der Waals surface area (Å²) in [5.41, 5.74) is 0.684. The number of aliphatic carboxylic acids is 1. The molecule has 0 radical (unpaired) electrons. The molecule has 1 unspecified atom stereocenters. The van der Waals surface area contributed by atoms with Crippen molar-refractivity contribution in [3.8, 4) is 0 Å². The van der Waals surface area contributed by atoms with Crippen molar-refractivity contribution in [1.82, 2.24) is 4.90 Å². The average molecular weight is 297 g/mol.